The summed E-state index contributed by atoms with van der Waals surface area (Å²) in [5, 5.41) is 0.211. The fourth-order valence-corrected chi connectivity index (χ4v) is 4.33. The van der Waals surface area contributed by atoms with Crippen LogP contribution in [-0.2, 0) is 0 Å². The third kappa shape index (κ3) is 4.12. The number of carbonyl (C=O) groups excluding carboxylic acids is 1. The van der Waals surface area contributed by atoms with Crippen molar-refractivity contribution in [3.05, 3.63) is 88.1 Å². The van der Waals surface area contributed by atoms with Gasteiger partial charge in [-0.25, -0.2) is 9.37 Å². The second-order valence-electron chi connectivity index (χ2n) is 8.12. The minimum Gasteiger partial charge on any atom is -0.368 e. The first kappa shape index (κ1) is 22.0. The lowest BCUT2D eigenvalue weighted by Gasteiger charge is -2.36. The van der Waals surface area contributed by atoms with E-state index < -0.39 is 5.24 Å². The van der Waals surface area contributed by atoms with E-state index in [2.05, 4.69) is 9.80 Å². The lowest BCUT2D eigenvalue weighted by Crippen LogP contribution is -2.47. The Morgan fingerprint density at radius 1 is 0.853 bits per heavy atom. The molecule has 0 N–H and O–H groups in total. The Kier molecular flexibility index (Phi) is 5.75. The maximum absolute atomic E-state index is 13.3. The van der Waals surface area contributed by atoms with Crippen molar-refractivity contribution in [3.63, 3.8) is 0 Å². The van der Waals surface area contributed by atoms with Gasteiger partial charge in [0.2, 0.25) is 5.95 Å². The van der Waals surface area contributed by atoms with E-state index in [1.165, 1.54) is 22.8 Å². The number of rotatable bonds is 4. The number of hydrogen-bond donors (Lipinski definition) is 0. The quantitative estimate of drug-likeness (QED) is 0.415. The van der Waals surface area contributed by atoms with Gasteiger partial charge in [-0.05, 0) is 73.1 Å². The molecular weight excluding hydrogens is 457 g/mol. The highest BCUT2D eigenvalue weighted by molar-refractivity contribution is 6.67. The number of fused-ring (bicyclic) bond motifs is 1. The van der Waals surface area contributed by atoms with Crippen molar-refractivity contribution < 1.29 is 9.18 Å². The van der Waals surface area contributed by atoms with Gasteiger partial charge in [0, 0.05) is 48.9 Å². The van der Waals surface area contributed by atoms with Gasteiger partial charge in [-0.15, -0.1) is 0 Å². The first-order valence-electron chi connectivity index (χ1n) is 10.9. The minimum absolute atomic E-state index is 0.234. The summed E-state index contributed by atoms with van der Waals surface area (Å²) in [6, 6.07) is 16.2. The summed E-state index contributed by atoms with van der Waals surface area (Å²) in [6.45, 7) is 4.74. The number of anilines is 2. The van der Waals surface area contributed by atoms with Crippen LogP contribution in [0.3, 0.4) is 0 Å². The van der Waals surface area contributed by atoms with Gasteiger partial charge in [-0.2, -0.15) is 4.98 Å². The summed E-state index contributed by atoms with van der Waals surface area (Å²) in [5.41, 5.74) is 2.95. The molecule has 0 bridgehead atoms. The number of halogens is 2. The van der Waals surface area contributed by atoms with Crippen molar-refractivity contribution in [3.8, 4) is 5.69 Å². The molecule has 0 radical (unpaired) electrons. The van der Waals surface area contributed by atoms with Gasteiger partial charge >= 0.3 is 0 Å². The molecule has 2 aromatic carbocycles. The van der Waals surface area contributed by atoms with Crippen molar-refractivity contribution in [1.29, 1.82) is 0 Å². The van der Waals surface area contributed by atoms with Crippen LogP contribution < -0.4 is 15.4 Å². The van der Waals surface area contributed by atoms with E-state index in [1.807, 2.05) is 6.92 Å². The van der Waals surface area contributed by atoms with E-state index in [1.54, 1.807) is 42.5 Å². The molecule has 0 amide bonds. The average Bonchev–Trinajstić information content (AvgIpc) is 2.84. The summed E-state index contributed by atoms with van der Waals surface area (Å²) in [7, 11) is 0. The molecule has 1 aliphatic rings. The molecule has 9 heteroatoms. The topological polar surface area (TPSA) is 71.3 Å². The zero-order valence-corrected chi connectivity index (χ0v) is 19.2. The Morgan fingerprint density at radius 2 is 1.47 bits per heavy atom. The first-order chi connectivity index (χ1) is 16.4. The van der Waals surface area contributed by atoms with Crippen molar-refractivity contribution in [1.82, 2.24) is 14.5 Å². The number of pyridine rings is 1. The molecule has 5 rings (SSSR count). The number of carbonyl (C=O) groups is 1. The van der Waals surface area contributed by atoms with Crippen LogP contribution >= 0.6 is 11.6 Å². The lowest BCUT2D eigenvalue weighted by atomic mass is 10.2. The fourth-order valence-electron chi connectivity index (χ4n) is 4.20. The Balaban J connectivity index is 1.49. The normalized spacial score (nSPS) is 14.0. The van der Waals surface area contributed by atoms with Gasteiger partial charge in [-0.1, -0.05) is 0 Å². The van der Waals surface area contributed by atoms with Crippen LogP contribution in [0.25, 0.3) is 16.7 Å². The van der Waals surface area contributed by atoms with Gasteiger partial charge < -0.3 is 9.80 Å². The van der Waals surface area contributed by atoms with Gasteiger partial charge in [0.05, 0.1) is 11.4 Å². The molecule has 0 aliphatic carbocycles. The summed E-state index contributed by atoms with van der Waals surface area (Å²) >= 11 is 5.56. The molecule has 1 fully saturated rings. The molecule has 1 aliphatic heterocycles. The molecule has 7 nitrogen and oxygen atoms in total. The number of nitrogens with zero attached hydrogens (tertiary/aromatic N) is 5. The maximum atomic E-state index is 13.3. The molecule has 0 unspecified atom stereocenters. The van der Waals surface area contributed by atoms with E-state index in [4.69, 9.17) is 21.6 Å². The smallest absolute Gasteiger partial charge is 0.256 e. The van der Waals surface area contributed by atoms with E-state index in [0.717, 1.165) is 29.9 Å². The van der Waals surface area contributed by atoms with Gasteiger partial charge in [-0.3, -0.25) is 14.2 Å². The zero-order chi connectivity index (χ0) is 23.8. The molecule has 34 heavy (non-hydrogen) atoms. The third-order valence-electron chi connectivity index (χ3n) is 6.04. The van der Waals surface area contributed by atoms with Crippen LogP contribution in [0.1, 0.15) is 16.1 Å². The standard InChI is InChI=1S/C25H21ClFN5O2/c1-16-21-10-11-22(33)32(20-6-2-17(3-7-20)23(26)34)24(21)29-25(28-16)31-14-12-30(13-15-31)19-8-4-18(27)5-9-19/h2-11H,12-15H2,1H3. The van der Waals surface area contributed by atoms with Gasteiger partial charge in [0.15, 0.2) is 5.65 Å². The van der Waals surface area contributed by atoms with Gasteiger partial charge in [0.25, 0.3) is 10.8 Å². The molecule has 172 valence electrons. The minimum atomic E-state index is -0.558. The highest BCUT2D eigenvalue weighted by Crippen LogP contribution is 2.23. The second-order valence-corrected chi connectivity index (χ2v) is 8.47. The Labute approximate surface area is 200 Å². The van der Waals surface area contributed by atoms with Crippen LogP contribution in [-0.4, -0.2) is 46.0 Å². The highest BCUT2D eigenvalue weighted by atomic mass is 35.5. The van der Waals surface area contributed by atoms with Crippen LogP contribution in [0.15, 0.2) is 65.5 Å². The van der Waals surface area contributed by atoms with Crippen LogP contribution in [0.5, 0.6) is 0 Å². The molecule has 1 saturated heterocycles. The average molecular weight is 478 g/mol. The maximum Gasteiger partial charge on any atom is 0.256 e. The van der Waals surface area contributed by atoms with Gasteiger partial charge in [0.1, 0.15) is 5.82 Å². The molecule has 0 atom stereocenters. The molecule has 2 aromatic heterocycles. The largest absolute Gasteiger partial charge is 0.368 e. The Bertz CT molecular complexity index is 1430. The third-order valence-corrected chi connectivity index (χ3v) is 6.25. The monoisotopic (exact) mass is 477 g/mol. The predicted octanol–water partition coefficient (Wildman–Crippen LogP) is 3.93. The SMILES string of the molecule is Cc1nc(N2CCN(c3ccc(F)cc3)CC2)nc2c1ccc(=O)n2-c1ccc(C(=O)Cl)cc1. The van der Waals surface area contributed by atoms with Crippen molar-refractivity contribution in [2.75, 3.05) is 36.0 Å². The summed E-state index contributed by atoms with van der Waals surface area (Å²) in [4.78, 5) is 38.0. The van der Waals surface area contributed by atoms with E-state index in [9.17, 15) is 14.0 Å². The van der Waals surface area contributed by atoms with Crippen LogP contribution in [0.4, 0.5) is 16.0 Å². The molecule has 4 aromatic rings. The van der Waals surface area contributed by atoms with Crippen LogP contribution in [0.2, 0.25) is 0 Å². The van der Waals surface area contributed by atoms with Crippen molar-refractivity contribution >= 4 is 39.5 Å². The Hall–Kier alpha value is -3.78. The fraction of sp³-hybridized carbons (Fsp3) is 0.200. The second kappa shape index (κ2) is 8.87. The molecule has 3 heterocycles. The summed E-state index contributed by atoms with van der Waals surface area (Å²) in [5.74, 6) is 0.299. The summed E-state index contributed by atoms with van der Waals surface area (Å²) in [6.07, 6.45) is 0. The molecule has 0 spiro atoms. The number of hydrogen-bond acceptors (Lipinski definition) is 6. The number of aryl methyl sites for hydroxylation is 1. The van der Waals surface area contributed by atoms with E-state index >= 15 is 0 Å². The first-order valence-corrected chi connectivity index (χ1v) is 11.2. The summed E-state index contributed by atoms with van der Waals surface area (Å²) < 4.78 is 14.8. The number of piperazine rings is 1. The molecule has 0 saturated carbocycles. The van der Waals surface area contributed by atoms with Crippen molar-refractivity contribution in [2.24, 2.45) is 0 Å². The van der Waals surface area contributed by atoms with E-state index in [0.29, 0.717) is 35.9 Å². The lowest BCUT2D eigenvalue weighted by molar-refractivity contribution is 0.108. The number of aromatic nitrogens is 3. The van der Waals surface area contributed by atoms with Crippen LogP contribution in [0, 0.1) is 12.7 Å². The zero-order valence-electron chi connectivity index (χ0n) is 18.4. The highest BCUT2D eigenvalue weighted by Gasteiger charge is 2.21. The van der Waals surface area contributed by atoms with Crippen molar-refractivity contribution in [2.45, 2.75) is 6.92 Å². The Morgan fingerprint density at radius 3 is 2.12 bits per heavy atom. The predicted molar refractivity (Wildman–Crippen MR) is 131 cm³/mol. The van der Waals surface area contributed by atoms with E-state index in [-0.39, 0.29) is 11.4 Å². The number of benzene rings is 2. The molecular formula is C25H21ClFN5O2.